The third kappa shape index (κ3) is 6.80. The molecule has 0 spiro atoms. The summed E-state index contributed by atoms with van der Waals surface area (Å²) >= 11 is 0. The molecule has 1 amide bonds. The van der Waals surface area contributed by atoms with E-state index in [0.717, 1.165) is 49.4 Å². The molecular weight excluding hydrogens is 621 g/mol. The summed E-state index contributed by atoms with van der Waals surface area (Å²) < 4.78 is 83.6. The van der Waals surface area contributed by atoms with Crippen LogP contribution in [0.3, 0.4) is 0 Å². The number of alkyl halides is 5. The summed E-state index contributed by atoms with van der Waals surface area (Å²) in [5.74, 6) is -5.99. The molecule has 2 aromatic rings. The standard InChI is InChI=1S/C35H42F5N3O4/c1-46-26-10-7-22(8-11-26)28-18-42(25-5-3-4-6-25)19-29(28)32(44)43-20-30(34(36,37)21-43)27-12-9-24(35(38,39)40)17-31(27)41-15-13-23(14-16-41)33(45)47-2/h7-12,17,23,25,28-30H,3-6,13-16,18-21H2,1-2H3/t28-,29+,30?/m0/s1. The lowest BCUT2D eigenvalue weighted by molar-refractivity contribution is -0.146. The number of nitrogens with zero attached hydrogens (tertiary/aromatic N) is 3. The second kappa shape index (κ2) is 13.2. The van der Waals surface area contributed by atoms with Gasteiger partial charge in [-0.2, -0.15) is 13.2 Å². The number of hydrogen-bond donors (Lipinski definition) is 0. The number of halogens is 5. The average molecular weight is 664 g/mol. The Labute approximate surface area is 272 Å². The Morgan fingerprint density at radius 3 is 2.19 bits per heavy atom. The predicted molar refractivity (Wildman–Crippen MR) is 166 cm³/mol. The molecule has 2 aromatic carbocycles. The Kier molecular flexibility index (Phi) is 9.43. The van der Waals surface area contributed by atoms with E-state index in [1.807, 2.05) is 24.3 Å². The fourth-order valence-corrected chi connectivity index (χ4v) is 8.16. The molecule has 0 aromatic heterocycles. The van der Waals surface area contributed by atoms with Crippen molar-refractivity contribution < 1.29 is 41.0 Å². The topological polar surface area (TPSA) is 62.3 Å². The third-order valence-electron chi connectivity index (χ3n) is 10.8. The average Bonchev–Trinajstić information content (AvgIpc) is 3.82. The Morgan fingerprint density at radius 1 is 0.894 bits per heavy atom. The van der Waals surface area contributed by atoms with Crippen molar-refractivity contribution in [1.82, 2.24) is 9.80 Å². The molecular formula is C35H42F5N3O4. The van der Waals surface area contributed by atoms with E-state index in [9.17, 15) is 22.8 Å². The van der Waals surface area contributed by atoms with E-state index in [-0.39, 0.29) is 42.7 Å². The monoisotopic (exact) mass is 663 g/mol. The van der Waals surface area contributed by atoms with Crippen LogP contribution in [-0.4, -0.2) is 87.1 Å². The van der Waals surface area contributed by atoms with Crippen molar-refractivity contribution in [2.24, 2.45) is 11.8 Å². The summed E-state index contributed by atoms with van der Waals surface area (Å²) in [6.07, 6.45) is 0.356. The van der Waals surface area contributed by atoms with Crippen molar-refractivity contribution in [1.29, 1.82) is 0 Å². The summed E-state index contributed by atoms with van der Waals surface area (Å²) in [6.45, 7) is 0.489. The number of esters is 1. The van der Waals surface area contributed by atoms with Gasteiger partial charge in [-0.1, -0.05) is 31.0 Å². The van der Waals surface area contributed by atoms with E-state index in [1.165, 1.54) is 12.0 Å². The second-order valence-electron chi connectivity index (χ2n) is 13.5. The molecule has 3 saturated heterocycles. The molecule has 1 aliphatic carbocycles. The van der Waals surface area contributed by atoms with Crippen molar-refractivity contribution in [3.8, 4) is 5.75 Å². The van der Waals surface area contributed by atoms with E-state index in [4.69, 9.17) is 9.47 Å². The van der Waals surface area contributed by atoms with Crippen LogP contribution in [0.2, 0.25) is 0 Å². The number of carbonyl (C=O) groups excluding carboxylic acids is 2. The number of amides is 1. The first kappa shape index (κ1) is 33.5. The molecule has 3 aliphatic heterocycles. The molecule has 1 saturated carbocycles. The van der Waals surface area contributed by atoms with Crippen molar-refractivity contribution in [2.45, 2.75) is 68.5 Å². The normalized spacial score (nSPS) is 25.8. The van der Waals surface area contributed by atoms with E-state index >= 15 is 8.78 Å². The number of rotatable bonds is 7. The number of hydrogen-bond acceptors (Lipinski definition) is 6. The lowest BCUT2D eigenvalue weighted by Crippen LogP contribution is -2.39. The first-order chi connectivity index (χ1) is 22.4. The minimum absolute atomic E-state index is 0.0755. The Bertz CT molecular complexity index is 1440. The van der Waals surface area contributed by atoms with Crippen molar-refractivity contribution in [2.75, 3.05) is 58.4 Å². The van der Waals surface area contributed by atoms with Crippen molar-refractivity contribution in [3.63, 3.8) is 0 Å². The number of piperidine rings is 1. The van der Waals surface area contributed by atoms with E-state index in [2.05, 4.69) is 4.90 Å². The van der Waals surface area contributed by atoms with Crippen molar-refractivity contribution in [3.05, 3.63) is 59.2 Å². The summed E-state index contributed by atoms with van der Waals surface area (Å²) in [6, 6.07) is 10.8. The summed E-state index contributed by atoms with van der Waals surface area (Å²) in [5.41, 5.74) is 0.181. The molecule has 3 atom stereocenters. The minimum atomic E-state index is -4.66. The smallest absolute Gasteiger partial charge is 0.416 e. The van der Waals surface area contributed by atoms with Gasteiger partial charge in [-0.3, -0.25) is 14.5 Å². The molecule has 4 aliphatic rings. The Balaban J connectivity index is 1.27. The lowest BCUT2D eigenvalue weighted by Gasteiger charge is -2.35. The second-order valence-corrected chi connectivity index (χ2v) is 13.5. The maximum Gasteiger partial charge on any atom is 0.416 e. The highest BCUT2D eigenvalue weighted by molar-refractivity contribution is 5.81. The summed E-state index contributed by atoms with van der Waals surface area (Å²) in [5, 5.41) is 0. The molecule has 1 unspecified atom stereocenters. The van der Waals surface area contributed by atoms with Crippen LogP contribution in [0.5, 0.6) is 5.75 Å². The molecule has 0 radical (unpaired) electrons. The molecule has 0 bridgehead atoms. The van der Waals surface area contributed by atoms with Gasteiger partial charge in [0.2, 0.25) is 5.91 Å². The van der Waals surface area contributed by atoms with Gasteiger partial charge in [0.05, 0.1) is 44.1 Å². The van der Waals surface area contributed by atoms with Crippen LogP contribution >= 0.6 is 0 Å². The van der Waals surface area contributed by atoms with Gasteiger partial charge in [-0.15, -0.1) is 0 Å². The first-order valence-corrected chi connectivity index (χ1v) is 16.5. The number of ether oxygens (including phenoxy) is 2. The maximum atomic E-state index is 16.0. The van der Waals surface area contributed by atoms with Gasteiger partial charge in [0.15, 0.2) is 0 Å². The number of anilines is 1. The fraction of sp³-hybridized carbons (Fsp3) is 0.600. The van der Waals surface area contributed by atoms with Gasteiger partial charge in [0.25, 0.3) is 5.92 Å². The maximum absolute atomic E-state index is 16.0. The molecule has 3 heterocycles. The lowest BCUT2D eigenvalue weighted by atomic mass is 9.88. The first-order valence-electron chi connectivity index (χ1n) is 16.5. The Morgan fingerprint density at radius 2 is 1.57 bits per heavy atom. The molecule has 6 rings (SSSR count). The zero-order valence-electron chi connectivity index (χ0n) is 26.8. The summed E-state index contributed by atoms with van der Waals surface area (Å²) in [7, 11) is 2.86. The zero-order valence-corrected chi connectivity index (χ0v) is 26.8. The van der Waals surface area contributed by atoms with E-state index in [0.29, 0.717) is 37.7 Å². The third-order valence-corrected chi connectivity index (χ3v) is 10.8. The van der Waals surface area contributed by atoms with Crippen molar-refractivity contribution >= 4 is 17.6 Å². The largest absolute Gasteiger partial charge is 0.497 e. The molecule has 0 N–H and O–H groups in total. The SMILES string of the molecule is COC(=O)C1CCN(c2cc(C(F)(F)F)ccc2C2CN(C(=O)[C@@H]3CN(C4CCCC4)C[C@H]3c3ccc(OC)cc3)CC2(F)F)CC1. The minimum Gasteiger partial charge on any atom is -0.497 e. The van der Waals surface area contributed by atoms with E-state index < -0.39 is 47.9 Å². The predicted octanol–water partition coefficient (Wildman–Crippen LogP) is 6.32. The molecule has 7 nitrogen and oxygen atoms in total. The number of likely N-dealkylation sites (tertiary alicyclic amines) is 2. The van der Waals surface area contributed by atoms with Gasteiger partial charge in [0, 0.05) is 50.4 Å². The fourth-order valence-electron chi connectivity index (χ4n) is 8.16. The van der Waals surface area contributed by atoms with Crippen LogP contribution in [0.25, 0.3) is 0 Å². The quantitative estimate of drug-likeness (QED) is 0.255. The highest BCUT2D eigenvalue weighted by Crippen LogP contribution is 2.47. The van der Waals surface area contributed by atoms with Gasteiger partial charge >= 0.3 is 12.1 Å². The number of carbonyl (C=O) groups is 2. The van der Waals surface area contributed by atoms with Gasteiger partial charge in [0.1, 0.15) is 5.75 Å². The van der Waals surface area contributed by atoms with Crippen LogP contribution in [0, 0.1) is 11.8 Å². The van der Waals surface area contributed by atoms with Gasteiger partial charge < -0.3 is 19.3 Å². The number of methoxy groups -OCH3 is 2. The van der Waals surface area contributed by atoms with Crippen LogP contribution in [0.4, 0.5) is 27.6 Å². The number of benzene rings is 2. The highest BCUT2D eigenvalue weighted by atomic mass is 19.4. The molecule has 256 valence electrons. The molecule has 4 fully saturated rings. The Hall–Kier alpha value is -3.41. The highest BCUT2D eigenvalue weighted by Gasteiger charge is 2.54. The van der Waals surface area contributed by atoms with Crippen LogP contribution < -0.4 is 9.64 Å². The van der Waals surface area contributed by atoms with Gasteiger partial charge in [-0.05, 0) is 61.1 Å². The molecule has 47 heavy (non-hydrogen) atoms. The summed E-state index contributed by atoms with van der Waals surface area (Å²) in [4.78, 5) is 31.5. The van der Waals surface area contributed by atoms with E-state index in [1.54, 1.807) is 12.0 Å². The van der Waals surface area contributed by atoms with Crippen LogP contribution in [0.1, 0.15) is 67.1 Å². The van der Waals surface area contributed by atoms with Crippen LogP contribution in [-0.2, 0) is 20.5 Å². The van der Waals surface area contributed by atoms with Crippen LogP contribution in [0.15, 0.2) is 42.5 Å². The van der Waals surface area contributed by atoms with Gasteiger partial charge in [-0.25, -0.2) is 8.78 Å². The zero-order chi connectivity index (χ0) is 33.5. The molecule has 12 heteroatoms.